The van der Waals surface area contributed by atoms with Gasteiger partial charge in [0.15, 0.2) is 0 Å². The first-order valence-corrected chi connectivity index (χ1v) is 7.18. The lowest BCUT2D eigenvalue weighted by molar-refractivity contribution is 0.253. The Morgan fingerprint density at radius 1 is 1.33 bits per heavy atom. The SMILES string of the molecule is CC(C)NCc1cc(OCCCCO)ccc1Br. The van der Waals surface area contributed by atoms with E-state index in [-0.39, 0.29) is 6.61 Å². The summed E-state index contributed by atoms with van der Waals surface area (Å²) < 4.78 is 6.75. The van der Waals surface area contributed by atoms with Gasteiger partial charge in [-0.2, -0.15) is 0 Å². The van der Waals surface area contributed by atoms with Crippen molar-refractivity contribution in [1.29, 1.82) is 0 Å². The Balaban J connectivity index is 2.51. The van der Waals surface area contributed by atoms with Gasteiger partial charge in [-0.25, -0.2) is 0 Å². The molecule has 2 N–H and O–H groups in total. The maximum atomic E-state index is 8.70. The van der Waals surface area contributed by atoms with Crippen LogP contribution in [0.2, 0.25) is 0 Å². The molecule has 0 aliphatic rings. The molecule has 0 saturated heterocycles. The summed E-state index contributed by atoms with van der Waals surface area (Å²) in [6.45, 7) is 5.96. The second-order valence-corrected chi connectivity index (χ2v) is 5.42. The highest BCUT2D eigenvalue weighted by atomic mass is 79.9. The fourth-order valence-electron chi connectivity index (χ4n) is 1.49. The number of benzene rings is 1. The van der Waals surface area contributed by atoms with E-state index in [0.717, 1.165) is 29.6 Å². The van der Waals surface area contributed by atoms with Gasteiger partial charge in [0, 0.05) is 23.7 Å². The lowest BCUT2D eigenvalue weighted by Gasteiger charge is -2.12. The summed E-state index contributed by atoms with van der Waals surface area (Å²) in [7, 11) is 0. The summed E-state index contributed by atoms with van der Waals surface area (Å²) in [4.78, 5) is 0. The molecule has 0 spiro atoms. The van der Waals surface area contributed by atoms with Crippen LogP contribution in [-0.4, -0.2) is 24.4 Å². The van der Waals surface area contributed by atoms with Crippen LogP contribution in [0.3, 0.4) is 0 Å². The van der Waals surface area contributed by atoms with Gasteiger partial charge in [0.05, 0.1) is 6.61 Å². The topological polar surface area (TPSA) is 41.5 Å². The van der Waals surface area contributed by atoms with Gasteiger partial charge >= 0.3 is 0 Å². The molecule has 0 amide bonds. The van der Waals surface area contributed by atoms with E-state index >= 15 is 0 Å². The summed E-state index contributed by atoms with van der Waals surface area (Å²) in [5, 5.41) is 12.1. The fourth-order valence-corrected chi connectivity index (χ4v) is 1.88. The monoisotopic (exact) mass is 315 g/mol. The molecule has 0 saturated carbocycles. The van der Waals surface area contributed by atoms with Crippen molar-refractivity contribution in [3.05, 3.63) is 28.2 Å². The number of aliphatic hydroxyl groups is 1. The molecule has 0 aromatic heterocycles. The minimum atomic E-state index is 0.229. The van der Waals surface area contributed by atoms with Gasteiger partial charge < -0.3 is 15.2 Å². The van der Waals surface area contributed by atoms with Gasteiger partial charge in [-0.15, -0.1) is 0 Å². The molecule has 0 radical (unpaired) electrons. The predicted molar refractivity (Wildman–Crippen MR) is 77.9 cm³/mol. The molecular weight excluding hydrogens is 294 g/mol. The molecule has 1 rings (SSSR count). The molecule has 0 atom stereocenters. The predicted octanol–water partition coefficient (Wildman–Crippen LogP) is 3.10. The zero-order valence-electron chi connectivity index (χ0n) is 11.1. The average molecular weight is 316 g/mol. The minimum Gasteiger partial charge on any atom is -0.494 e. The second-order valence-electron chi connectivity index (χ2n) is 4.57. The summed E-state index contributed by atoms with van der Waals surface area (Å²) in [6.07, 6.45) is 1.67. The molecule has 0 bridgehead atoms. The van der Waals surface area contributed by atoms with E-state index < -0.39 is 0 Å². The molecular formula is C14H22BrNO2. The van der Waals surface area contributed by atoms with Gasteiger partial charge in [0.2, 0.25) is 0 Å². The van der Waals surface area contributed by atoms with Crippen LogP contribution in [0.4, 0.5) is 0 Å². The fraction of sp³-hybridized carbons (Fsp3) is 0.571. The summed E-state index contributed by atoms with van der Waals surface area (Å²) in [5.74, 6) is 0.886. The van der Waals surface area contributed by atoms with Gasteiger partial charge in [0.1, 0.15) is 5.75 Å². The summed E-state index contributed by atoms with van der Waals surface area (Å²) in [6, 6.07) is 6.49. The van der Waals surface area contributed by atoms with E-state index in [0.29, 0.717) is 12.6 Å². The Morgan fingerprint density at radius 3 is 2.78 bits per heavy atom. The Hall–Kier alpha value is -0.580. The van der Waals surface area contributed by atoms with Crippen molar-refractivity contribution in [2.24, 2.45) is 0 Å². The zero-order valence-corrected chi connectivity index (χ0v) is 12.7. The Bertz CT molecular complexity index is 356. The molecule has 0 aliphatic carbocycles. The Labute approximate surface area is 118 Å². The van der Waals surface area contributed by atoms with Gasteiger partial charge in [-0.3, -0.25) is 0 Å². The van der Waals surface area contributed by atoms with Crippen LogP contribution in [0, 0.1) is 0 Å². The first kappa shape index (κ1) is 15.5. The van der Waals surface area contributed by atoms with Gasteiger partial charge in [-0.05, 0) is 36.6 Å². The highest BCUT2D eigenvalue weighted by Crippen LogP contribution is 2.22. The van der Waals surface area contributed by atoms with Crippen molar-refractivity contribution in [2.75, 3.05) is 13.2 Å². The van der Waals surface area contributed by atoms with Crippen molar-refractivity contribution in [1.82, 2.24) is 5.32 Å². The standard InChI is InChI=1S/C14H22BrNO2/c1-11(2)16-10-12-9-13(5-6-14(12)15)18-8-4-3-7-17/h5-6,9,11,16-17H,3-4,7-8,10H2,1-2H3. The van der Waals surface area contributed by atoms with E-state index in [1.54, 1.807) is 0 Å². The Morgan fingerprint density at radius 2 is 2.11 bits per heavy atom. The number of ether oxygens (including phenoxy) is 1. The number of nitrogens with one attached hydrogen (secondary N) is 1. The van der Waals surface area contributed by atoms with Crippen LogP contribution in [0.5, 0.6) is 5.75 Å². The molecule has 0 aliphatic heterocycles. The van der Waals surface area contributed by atoms with E-state index in [2.05, 4.69) is 41.2 Å². The lowest BCUT2D eigenvalue weighted by Crippen LogP contribution is -2.22. The number of unbranched alkanes of at least 4 members (excludes halogenated alkanes) is 1. The third-order valence-corrected chi connectivity index (χ3v) is 3.31. The number of halogens is 1. The number of hydrogen-bond acceptors (Lipinski definition) is 3. The molecule has 3 nitrogen and oxygen atoms in total. The highest BCUT2D eigenvalue weighted by Gasteiger charge is 2.03. The maximum absolute atomic E-state index is 8.70. The zero-order chi connectivity index (χ0) is 13.4. The minimum absolute atomic E-state index is 0.229. The largest absolute Gasteiger partial charge is 0.494 e. The van der Waals surface area contributed by atoms with Crippen LogP contribution in [0.15, 0.2) is 22.7 Å². The van der Waals surface area contributed by atoms with Crippen LogP contribution >= 0.6 is 15.9 Å². The normalized spacial score (nSPS) is 10.9. The van der Waals surface area contributed by atoms with Crippen molar-refractivity contribution < 1.29 is 9.84 Å². The Kier molecular flexibility index (Phi) is 7.32. The third kappa shape index (κ3) is 5.85. The first-order valence-electron chi connectivity index (χ1n) is 6.39. The third-order valence-electron chi connectivity index (χ3n) is 2.54. The average Bonchev–Trinajstić information content (AvgIpc) is 2.34. The van der Waals surface area contributed by atoms with Crippen molar-refractivity contribution in [3.8, 4) is 5.75 Å². The molecule has 102 valence electrons. The highest BCUT2D eigenvalue weighted by molar-refractivity contribution is 9.10. The lowest BCUT2D eigenvalue weighted by atomic mass is 10.2. The number of hydrogen-bond donors (Lipinski definition) is 2. The van der Waals surface area contributed by atoms with E-state index in [4.69, 9.17) is 9.84 Å². The van der Waals surface area contributed by atoms with Crippen molar-refractivity contribution in [2.45, 2.75) is 39.3 Å². The summed E-state index contributed by atoms with van der Waals surface area (Å²) >= 11 is 3.54. The first-order chi connectivity index (χ1) is 8.63. The number of rotatable bonds is 8. The molecule has 1 aromatic carbocycles. The van der Waals surface area contributed by atoms with E-state index in [1.807, 2.05) is 12.1 Å². The quantitative estimate of drug-likeness (QED) is 0.724. The van der Waals surface area contributed by atoms with Crippen molar-refractivity contribution >= 4 is 15.9 Å². The van der Waals surface area contributed by atoms with E-state index in [1.165, 1.54) is 5.56 Å². The molecule has 0 heterocycles. The maximum Gasteiger partial charge on any atom is 0.119 e. The van der Waals surface area contributed by atoms with Crippen molar-refractivity contribution in [3.63, 3.8) is 0 Å². The van der Waals surface area contributed by atoms with Crippen LogP contribution < -0.4 is 10.1 Å². The molecule has 1 aromatic rings. The van der Waals surface area contributed by atoms with E-state index in [9.17, 15) is 0 Å². The summed E-state index contributed by atoms with van der Waals surface area (Å²) in [5.41, 5.74) is 1.20. The number of aliphatic hydroxyl groups excluding tert-OH is 1. The van der Waals surface area contributed by atoms with Gasteiger partial charge in [0.25, 0.3) is 0 Å². The molecule has 0 fully saturated rings. The van der Waals surface area contributed by atoms with Crippen LogP contribution in [0.1, 0.15) is 32.3 Å². The second kappa shape index (κ2) is 8.51. The molecule has 0 unspecified atom stereocenters. The van der Waals surface area contributed by atoms with Crippen LogP contribution in [-0.2, 0) is 6.54 Å². The molecule has 18 heavy (non-hydrogen) atoms. The van der Waals surface area contributed by atoms with Gasteiger partial charge in [-0.1, -0.05) is 29.8 Å². The smallest absolute Gasteiger partial charge is 0.119 e. The van der Waals surface area contributed by atoms with Crippen LogP contribution in [0.25, 0.3) is 0 Å². The molecule has 4 heteroatoms.